The summed E-state index contributed by atoms with van der Waals surface area (Å²) in [4.78, 5) is 36.0. The molecule has 2 aromatic rings. The predicted molar refractivity (Wildman–Crippen MR) is 102 cm³/mol. The van der Waals surface area contributed by atoms with Crippen molar-refractivity contribution in [1.29, 1.82) is 0 Å². The lowest BCUT2D eigenvalue weighted by atomic mass is 9.98. The van der Waals surface area contributed by atoms with Gasteiger partial charge in [-0.1, -0.05) is 36.4 Å². The van der Waals surface area contributed by atoms with Crippen LogP contribution in [0.2, 0.25) is 0 Å². The van der Waals surface area contributed by atoms with E-state index in [2.05, 4.69) is 0 Å². The van der Waals surface area contributed by atoms with E-state index in [1.165, 1.54) is 19.1 Å². The second-order valence-corrected chi connectivity index (χ2v) is 6.92. The van der Waals surface area contributed by atoms with Crippen molar-refractivity contribution >= 4 is 17.9 Å². The molecule has 1 unspecified atom stereocenters. The lowest BCUT2D eigenvalue weighted by Gasteiger charge is -2.30. The van der Waals surface area contributed by atoms with E-state index in [4.69, 9.17) is 18.9 Å². The van der Waals surface area contributed by atoms with E-state index in [0.29, 0.717) is 5.56 Å². The number of esters is 3. The van der Waals surface area contributed by atoms with Crippen LogP contribution in [0.4, 0.5) is 4.39 Å². The third kappa shape index (κ3) is 4.65. The second kappa shape index (κ2) is 9.04. The van der Waals surface area contributed by atoms with Gasteiger partial charge >= 0.3 is 17.9 Å². The molecule has 3 rings (SSSR count). The summed E-state index contributed by atoms with van der Waals surface area (Å²) in [6.07, 6.45) is -4.72. The summed E-state index contributed by atoms with van der Waals surface area (Å²) in [6.45, 7) is 1.94. The Morgan fingerprint density at radius 1 is 0.967 bits per heavy atom. The molecule has 0 aliphatic carbocycles. The number of carbonyl (C=O) groups is 3. The van der Waals surface area contributed by atoms with Crippen molar-refractivity contribution in [2.24, 2.45) is 0 Å². The third-order valence-corrected chi connectivity index (χ3v) is 4.62. The van der Waals surface area contributed by atoms with Crippen LogP contribution in [-0.2, 0) is 23.7 Å². The normalized spacial score (nSPS) is 25.4. The average Bonchev–Trinajstić information content (AvgIpc) is 2.97. The van der Waals surface area contributed by atoms with Crippen molar-refractivity contribution in [3.63, 3.8) is 0 Å². The van der Waals surface area contributed by atoms with E-state index in [9.17, 15) is 14.4 Å². The number of alkyl halides is 1. The third-order valence-electron chi connectivity index (χ3n) is 4.62. The molecule has 1 fully saturated rings. The van der Waals surface area contributed by atoms with Crippen LogP contribution in [0, 0.1) is 0 Å². The number of hydrogen-bond acceptors (Lipinski definition) is 7. The number of halogens is 1. The van der Waals surface area contributed by atoms with Crippen molar-refractivity contribution in [2.45, 2.75) is 38.0 Å². The van der Waals surface area contributed by atoms with E-state index < -0.39 is 48.7 Å². The van der Waals surface area contributed by atoms with Crippen molar-refractivity contribution in [3.05, 3.63) is 71.8 Å². The molecule has 1 saturated heterocycles. The van der Waals surface area contributed by atoms with Gasteiger partial charge in [0.15, 0.2) is 6.17 Å². The maximum absolute atomic E-state index is 15.3. The monoisotopic (exact) mass is 416 g/mol. The first-order chi connectivity index (χ1) is 14.3. The van der Waals surface area contributed by atoms with Gasteiger partial charge in [0.25, 0.3) is 0 Å². The maximum Gasteiger partial charge on any atom is 0.339 e. The first kappa shape index (κ1) is 21.4. The molecule has 0 spiro atoms. The molecule has 1 aliphatic heterocycles. The smallest absolute Gasteiger partial charge is 0.339 e. The minimum Gasteiger partial charge on any atom is -0.459 e. The van der Waals surface area contributed by atoms with Crippen LogP contribution >= 0.6 is 0 Å². The fourth-order valence-corrected chi connectivity index (χ4v) is 3.03. The van der Waals surface area contributed by atoms with E-state index in [0.717, 1.165) is 6.92 Å². The molecule has 0 radical (unpaired) electrons. The summed E-state index contributed by atoms with van der Waals surface area (Å²) >= 11 is 0. The highest BCUT2D eigenvalue weighted by Crippen LogP contribution is 2.38. The first-order valence-corrected chi connectivity index (χ1v) is 9.28. The average molecular weight is 416 g/mol. The highest BCUT2D eigenvalue weighted by Gasteiger charge is 2.60. The lowest BCUT2D eigenvalue weighted by molar-refractivity contribution is -0.205. The lowest BCUT2D eigenvalue weighted by Crippen LogP contribution is -2.49. The Bertz CT molecular complexity index is 902. The van der Waals surface area contributed by atoms with Crippen LogP contribution in [0.15, 0.2) is 60.7 Å². The summed E-state index contributed by atoms with van der Waals surface area (Å²) < 4.78 is 36.3. The van der Waals surface area contributed by atoms with Gasteiger partial charge in [-0.2, -0.15) is 0 Å². The molecular weight excluding hydrogens is 395 g/mol. The van der Waals surface area contributed by atoms with Crippen LogP contribution in [0.25, 0.3) is 0 Å². The number of rotatable bonds is 6. The Kier molecular flexibility index (Phi) is 6.47. The van der Waals surface area contributed by atoms with Crippen molar-refractivity contribution in [1.82, 2.24) is 0 Å². The molecule has 1 aliphatic rings. The fourth-order valence-electron chi connectivity index (χ4n) is 3.03. The van der Waals surface area contributed by atoms with Gasteiger partial charge in [-0.15, -0.1) is 0 Å². The van der Waals surface area contributed by atoms with Gasteiger partial charge in [0.2, 0.25) is 11.9 Å². The molecule has 7 nitrogen and oxygen atoms in total. The zero-order valence-corrected chi connectivity index (χ0v) is 16.4. The van der Waals surface area contributed by atoms with Crippen molar-refractivity contribution < 1.29 is 37.7 Å². The van der Waals surface area contributed by atoms with Crippen LogP contribution in [0.1, 0.15) is 34.6 Å². The van der Waals surface area contributed by atoms with Gasteiger partial charge < -0.3 is 18.9 Å². The molecule has 0 aromatic heterocycles. The van der Waals surface area contributed by atoms with Crippen molar-refractivity contribution in [3.8, 4) is 0 Å². The largest absolute Gasteiger partial charge is 0.459 e. The van der Waals surface area contributed by atoms with Gasteiger partial charge in [0, 0.05) is 6.92 Å². The van der Waals surface area contributed by atoms with Crippen molar-refractivity contribution in [2.75, 3.05) is 6.61 Å². The molecule has 0 N–H and O–H groups in total. The summed E-state index contributed by atoms with van der Waals surface area (Å²) in [5.41, 5.74) is -1.44. The Balaban J connectivity index is 1.73. The molecule has 4 atom stereocenters. The Hall–Kier alpha value is -3.26. The zero-order valence-electron chi connectivity index (χ0n) is 16.4. The van der Waals surface area contributed by atoms with E-state index in [1.54, 1.807) is 48.5 Å². The summed E-state index contributed by atoms with van der Waals surface area (Å²) in [6, 6.07) is 16.2. The van der Waals surface area contributed by atoms with Gasteiger partial charge in [-0.25, -0.2) is 14.0 Å². The van der Waals surface area contributed by atoms with Gasteiger partial charge in [-0.05, 0) is 31.2 Å². The predicted octanol–water partition coefficient (Wildman–Crippen LogP) is 3.09. The quantitative estimate of drug-likeness (QED) is 0.528. The number of hydrogen-bond donors (Lipinski definition) is 0. The van der Waals surface area contributed by atoms with Gasteiger partial charge in [0.1, 0.15) is 12.7 Å². The molecule has 30 heavy (non-hydrogen) atoms. The standard InChI is InChI=1S/C22H21FO7/c1-14(24)28-21-22(2,30-20(26)16-11-7-4-8-12-16)18(23)17(29-21)13-27-19(25)15-9-5-3-6-10-15/h3-12,17-18,21H,13H2,1-2H3/t17-,18-,21?,22+/m1/s1. The van der Waals surface area contributed by atoms with E-state index in [-0.39, 0.29) is 5.56 Å². The zero-order chi connectivity index (χ0) is 21.7. The first-order valence-electron chi connectivity index (χ1n) is 9.28. The second-order valence-electron chi connectivity index (χ2n) is 6.92. The molecule has 0 amide bonds. The number of carbonyl (C=O) groups excluding carboxylic acids is 3. The highest BCUT2D eigenvalue weighted by molar-refractivity contribution is 5.90. The summed E-state index contributed by atoms with van der Waals surface area (Å²) in [5, 5.41) is 0. The summed E-state index contributed by atoms with van der Waals surface area (Å²) in [5.74, 6) is -2.20. The minimum atomic E-state index is -1.93. The molecular formula is C22H21FO7. The van der Waals surface area contributed by atoms with Crippen LogP contribution in [0.3, 0.4) is 0 Å². The Morgan fingerprint density at radius 2 is 1.50 bits per heavy atom. The number of ether oxygens (including phenoxy) is 4. The van der Waals surface area contributed by atoms with Gasteiger partial charge in [-0.3, -0.25) is 4.79 Å². The molecule has 0 saturated carbocycles. The molecule has 8 heteroatoms. The Labute approximate surface area is 172 Å². The van der Waals surface area contributed by atoms with Crippen LogP contribution in [-0.4, -0.2) is 48.7 Å². The Morgan fingerprint density at radius 3 is 2.03 bits per heavy atom. The van der Waals surface area contributed by atoms with Crippen LogP contribution < -0.4 is 0 Å². The molecule has 2 aromatic carbocycles. The van der Waals surface area contributed by atoms with Gasteiger partial charge in [0.05, 0.1) is 11.1 Å². The number of benzene rings is 2. The summed E-state index contributed by atoms with van der Waals surface area (Å²) in [7, 11) is 0. The maximum atomic E-state index is 15.3. The molecule has 0 bridgehead atoms. The molecule has 1 heterocycles. The SMILES string of the molecule is CC(=O)OC1O[C@H](COC(=O)c2ccccc2)[C@@H](F)[C@]1(C)OC(=O)c1ccccc1. The highest BCUT2D eigenvalue weighted by atomic mass is 19.1. The van der Waals surface area contributed by atoms with E-state index >= 15 is 4.39 Å². The molecule has 158 valence electrons. The minimum absolute atomic E-state index is 0.200. The fraction of sp³-hybridized carbons (Fsp3) is 0.318. The van der Waals surface area contributed by atoms with E-state index in [1.807, 2.05) is 0 Å². The topological polar surface area (TPSA) is 88.1 Å². The van der Waals surface area contributed by atoms with Crippen LogP contribution in [0.5, 0.6) is 0 Å².